The van der Waals surface area contributed by atoms with Crippen molar-refractivity contribution in [3.05, 3.63) is 47.3 Å². The van der Waals surface area contributed by atoms with Crippen LogP contribution in [0.5, 0.6) is 0 Å². The van der Waals surface area contributed by atoms with Gasteiger partial charge in [-0.2, -0.15) is 5.10 Å². The summed E-state index contributed by atoms with van der Waals surface area (Å²) in [5, 5.41) is 6.91. The van der Waals surface area contributed by atoms with Crippen molar-refractivity contribution in [2.75, 3.05) is 0 Å². The van der Waals surface area contributed by atoms with Gasteiger partial charge in [0, 0.05) is 5.92 Å². The van der Waals surface area contributed by atoms with Crippen LogP contribution in [0, 0.1) is 5.82 Å². The van der Waals surface area contributed by atoms with Gasteiger partial charge in [0.2, 0.25) is 0 Å². The van der Waals surface area contributed by atoms with Gasteiger partial charge in [-0.15, -0.1) is 0 Å². The molecule has 4 nitrogen and oxygen atoms in total. The van der Waals surface area contributed by atoms with Crippen molar-refractivity contribution in [3.63, 3.8) is 0 Å². The van der Waals surface area contributed by atoms with Crippen molar-refractivity contribution in [2.24, 2.45) is 5.73 Å². The van der Waals surface area contributed by atoms with Gasteiger partial charge in [0.1, 0.15) is 11.6 Å². The Hall–Kier alpha value is -1.75. The average molecular weight is 234 g/mol. The molecule has 1 aromatic carbocycles. The smallest absolute Gasteiger partial charge is 0.153 e. The van der Waals surface area contributed by atoms with E-state index in [1.807, 2.05) is 13.8 Å². The third-order valence-electron chi connectivity index (χ3n) is 2.56. The molecule has 0 aliphatic heterocycles. The largest absolute Gasteiger partial charge is 0.318 e. The Bertz CT molecular complexity index is 489. The minimum Gasteiger partial charge on any atom is -0.318 e. The Morgan fingerprint density at radius 2 is 1.88 bits per heavy atom. The Balaban J connectivity index is 2.24. The third-order valence-corrected chi connectivity index (χ3v) is 2.56. The molecule has 2 aromatic rings. The van der Waals surface area contributed by atoms with Crippen LogP contribution in [0.15, 0.2) is 24.3 Å². The van der Waals surface area contributed by atoms with E-state index in [1.165, 1.54) is 12.1 Å². The van der Waals surface area contributed by atoms with Crippen molar-refractivity contribution in [1.29, 1.82) is 0 Å². The van der Waals surface area contributed by atoms with Gasteiger partial charge in [0.15, 0.2) is 5.82 Å². The highest BCUT2D eigenvalue weighted by atomic mass is 19.1. The second-order valence-corrected chi connectivity index (χ2v) is 4.26. The highest BCUT2D eigenvalue weighted by molar-refractivity contribution is 5.24. The predicted molar refractivity (Wildman–Crippen MR) is 62.9 cm³/mol. The van der Waals surface area contributed by atoms with Crippen LogP contribution in [-0.2, 0) is 0 Å². The SMILES string of the molecule is CC(C)c1n[nH]c(C(N)c2ccc(F)cc2)n1. The summed E-state index contributed by atoms with van der Waals surface area (Å²) >= 11 is 0. The van der Waals surface area contributed by atoms with Gasteiger partial charge in [-0.3, -0.25) is 5.10 Å². The molecule has 0 fully saturated rings. The van der Waals surface area contributed by atoms with E-state index in [-0.39, 0.29) is 11.7 Å². The summed E-state index contributed by atoms with van der Waals surface area (Å²) < 4.78 is 12.8. The number of halogens is 1. The van der Waals surface area contributed by atoms with Crippen LogP contribution in [-0.4, -0.2) is 15.2 Å². The zero-order chi connectivity index (χ0) is 12.4. The van der Waals surface area contributed by atoms with Crippen molar-refractivity contribution < 1.29 is 4.39 Å². The number of aromatic nitrogens is 3. The average Bonchev–Trinajstić information content (AvgIpc) is 2.78. The van der Waals surface area contributed by atoms with Crippen molar-refractivity contribution in [2.45, 2.75) is 25.8 Å². The van der Waals surface area contributed by atoms with Gasteiger partial charge in [0.25, 0.3) is 0 Å². The van der Waals surface area contributed by atoms with Gasteiger partial charge in [-0.05, 0) is 17.7 Å². The minimum atomic E-state index is -0.407. The maximum atomic E-state index is 12.8. The van der Waals surface area contributed by atoms with Gasteiger partial charge < -0.3 is 5.73 Å². The van der Waals surface area contributed by atoms with Crippen LogP contribution in [0.2, 0.25) is 0 Å². The Morgan fingerprint density at radius 3 is 2.41 bits per heavy atom. The van der Waals surface area contributed by atoms with Crippen LogP contribution in [0.1, 0.15) is 43.0 Å². The number of hydrogen-bond acceptors (Lipinski definition) is 3. The number of rotatable bonds is 3. The van der Waals surface area contributed by atoms with Crippen LogP contribution in [0.25, 0.3) is 0 Å². The number of aromatic amines is 1. The van der Waals surface area contributed by atoms with Crippen molar-refractivity contribution in [3.8, 4) is 0 Å². The van der Waals surface area contributed by atoms with Crippen LogP contribution in [0.3, 0.4) is 0 Å². The molecule has 1 unspecified atom stereocenters. The quantitative estimate of drug-likeness (QED) is 0.854. The summed E-state index contributed by atoms with van der Waals surface area (Å²) in [6.07, 6.45) is 0. The van der Waals surface area contributed by atoms with Crippen molar-refractivity contribution >= 4 is 0 Å². The lowest BCUT2D eigenvalue weighted by Crippen LogP contribution is -2.13. The third kappa shape index (κ3) is 2.50. The zero-order valence-corrected chi connectivity index (χ0v) is 9.81. The topological polar surface area (TPSA) is 67.6 Å². The van der Waals surface area contributed by atoms with E-state index >= 15 is 0 Å². The fourth-order valence-corrected chi connectivity index (χ4v) is 1.51. The molecule has 90 valence electrons. The zero-order valence-electron chi connectivity index (χ0n) is 9.81. The van der Waals surface area contributed by atoms with Crippen LogP contribution >= 0.6 is 0 Å². The molecule has 1 atom stereocenters. The van der Waals surface area contributed by atoms with Gasteiger partial charge >= 0.3 is 0 Å². The number of nitrogens with two attached hydrogens (primary N) is 1. The van der Waals surface area contributed by atoms with Crippen molar-refractivity contribution in [1.82, 2.24) is 15.2 Å². The summed E-state index contributed by atoms with van der Waals surface area (Å²) in [5.41, 5.74) is 6.83. The molecular weight excluding hydrogens is 219 g/mol. The van der Waals surface area contributed by atoms with E-state index in [1.54, 1.807) is 12.1 Å². The molecule has 1 heterocycles. The van der Waals surface area contributed by atoms with Crippen LogP contribution in [0.4, 0.5) is 4.39 Å². The number of H-pyrrole nitrogens is 1. The van der Waals surface area contributed by atoms with E-state index in [9.17, 15) is 4.39 Å². The highest BCUT2D eigenvalue weighted by Crippen LogP contribution is 2.18. The Kier molecular flexibility index (Phi) is 3.19. The summed E-state index contributed by atoms with van der Waals surface area (Å²) in [5.74, 6) is 1.31. The Labute approximate surface area is 99.1 Å². The summed E-state index contributed by atoms with van der Waals surface area (Å²) in [6, 6.07) is 5.66. The maximum absolute atomic E-state index is 12.8. The molecule has 0 saturated carbocycles. The first-order valence-electron chi connectivity index (χ1n) is 5.51. The summed E-state index contributed by atoms with van der Waals surface area (Å²) in [7, 11) is 0. The van der Waals surface area contributed by atoms with Gasteiger partial charge in [-0.25, -0.2) is 9.37 Å². The standard InChI is InChI=1S/C12H15FN4/c1-7(2)11-15-12(17-16-11)10(14)8-3-5-9(13)6-4-8/h3-7,10H,14H2,1-2H3,(H,15,16,17). The monoisotopic (exact) mass is 234 g/mol. The van der Waals surface area contributed by atoms with Gasteiger partial charge in [-0.1, -0.05) is 26.0 Å². The minimum absolute atomic E-state index is 0.250. The normalized spacial score (nSPS) is 13.0. The molecule has 3 N–H and O–H groups in total. The lowest BCUT2D eigenvalue weighted by molar-refractivity contribution is 0.626. The molecule has 5 heteroatoms. The molecule has 0 bridgehead atoms. The predicted octanol–water partition coefficient (Wildman–Crippen LogP) is 2.12. The van der Waals surface area contributed by atoms with E-state index in [2.05, 4.69) is 15.2 Å². The molecule has 0 radical (unpaired) electrons. The summed E-state index contributed by atoms with van der Waals surface area (Å²) in [4.78, 5) is 4.32. The fraction of sp³-hybridized carbons (Fsp3) is 0.333. The number of hydrogen-bond donors (Lipinski definition) is 2. The number of benzene rings is 1. The van der Waals surface area contributed by atoms with E-state index in [4.69, 9.17) is 5.73 Å². The molecule has 0 spiro atoms. The van der Waals surface area contributed by atoms with E-state index in [0.717, 1.165) is 11.4 Å². The first-order valence-corrected chi connectivity index (χ1v) is 5.51. The Morgan fingerprint density at radius 1 is 1.24 bits per heavy atom. The fourth-order valence-electron chi connectivity index (χ4n) is 1.51. The molecule has 0 aliphatic rings. The molecule has 17 heavy (non-hydrogen) atoms. The summed E-state index contributed by atoms with van der Waals surface area (Å²) in [6.45, 7) is 4.02. The molecule has 2 rings (SSSR count). The van der Waals surface area contributed by atoms with E-state index < -0.39 is 6.04 Å². The second-order valence-electron chi connectivity index (χ2n) is 4.26. The molecule has 1 aromatic heterocycles. The lowest BCUT2D eigenvalue weighted by Gasteiger charge is -2.08. The van der Waals surface area contributed by atoms with E-state index in [0.29, 0.717) is 5.82 Å². The maximum Gasteiger partial charge on any atom is 0.153 e. The lowest BCUT2D eigenvalue weighted by atomic mass is 10.1. The number of nitrogens with one attached hydrogen (secondary N) is 1. The second kappa shape index (κ2) is 4.63. The number of nitrogens with zero attached hydrogens (tertiary/aromatic N) is 2. The molecular formula is C12H15FN4. The molecule has 0 amide bonds. The molecule has 0 aliphatic carbocycles. The van der Waals surface area contributed by atoms with Crippen LogP contribution < -0.4 is 5.73 Å². The highest BCUT2D eigenvalue weighted by Gasteiger charge is 2.15. The molecule has 0 saturated heterocycles. The first-order chi connectivity index (χ1) is 8.08. The van der Waals surface area contributed by atoms with Gasteiger partial charge in [0.05, 0.1) is 6.04 Å². The first kappa shape index (κ1) is 11.7.